The van der Waals surface area contributed by atoms with Crippen LogP contribution in [0.3, 0.4) is 0 Å². The number of benzene rings is 1. The Labute approximate surface area is 123 Å². The maximum absolute atomic E-state index is 5.13. The van der Waals surface area contributed by atoms with Crippen molar-refractivity contribution < 1.29 is 4.74 Å². The zero-order valence-electron chi connectivity index (χ0n) is 13.0. The predicted octanol–water partition coefficient (Wildman–Crippen LogP) is 3.89. The third-order valence-corrected chi connectivity index (χ3v) is 4.57. The van der Waals surface area contributed by atoms with Gasteiger partial charge in [0.05, 0.1) is 6.61 Å². The molecule has 0 aliphatic heterocycles. The average molecular weight is 275 g/mol. The highest BCUT2D eigenvalue weighted by atomic mass is 16.5. The molecule has 1 aliphatic rings. The molecule has 1 aliphatic carbocycles. The maximum Gasteiger partial charge on any atom is 0.0587 e. The Morgan fingerprint density at radius 2 is 1.85 bits per heavy atom. The van der Waals surface area contributed by atoms with E-state index in [4.69, 9.17) is 4.74 Å². The lowest BCUT2D eigenvalue weighted by molar-refractivity contribution is 0.196. The molecule has 1 fully saturated rings. The number of hydrogen-bond donors (Lipinski definition) is 1. The standard InChI is InChI=1S/C18H29NO/c1-15-8-10-17(11-9-15)18(14-19-12-13-20-2)16-6-4-3-5-7-16/h8-11,16,18-19H,3-7,12-14H2,1-2H3. The molecule has 1 N–H and O–H groups in total. The highest BCUT2D eigenvalue weighted by Crippen LogP contribution is 2.35. The maximum atomic E-state index is 5.13. The first-order valence-corrected chi connectivity index (χ1v) is 8.07. The molecule has 0 saturated heterocycles. The fraction of sp³-hybridized carbons (Fsp3) is 0.667. The van der Waals surface area contributed by atoms with Crippen molar-refractivity contribution in [2.24, 2.45) is 5.92 Å². The number of hydrogen-bond acceptors (Lipinski definition) is 2. The lowest BCUT2D eigenvalue weighted by atomic mass is 9.76. The van der Waals surface area contributed by atoms with E-state index in [2.05, 4.69) is 36.5 Å². The average Bonchev–Trinajstić information content (AvgIpc) is 2.50. The van der Waals surface area contributed by atoms with Gasteiger partial charge in [0.2, 0.25) is 0 Å². The minimum Gasteiger partial charge on any atom is -0.383 e. The molecule has 2 rings (SSSR count). The fourth-order valence-electron chi connectivity index (χ4n) is 3.34. The summed E-state index contributed by atoms with van der Waals surface area (Å²) in [5.74, 6) is 1.51. The molecule has 2 nitrogen and oxygen atoms in total. The molecule has 1 saturated carbocycles. The number of ether oxygens (including phenoxy) is 1. The number of rotatable bonds is 7. The molecule has 0 radical (unpaired) electrons. The monoisotopic (exact) mass is 275 g/mol. The lowest BCUT2D eigenvalue weighted by Gasteiger charge is -2.31. The van der Waals surface area contributed by atoms with Gasteiger partial charge in [-0.15, -0.1) is 0 Å². The van der Waals surface area contributed by atoms with E-state index >= 15 is 0 Å². The zero-order valence-corrected chi connectivity index (χ0v) is 13.0. The van der Waals surface area contributed by atoms with Gasteiger partial charge in [-0.3, -0.25) is 0 Å². The van der Waals surface area contributed by atoms with Crippen molar-refractivity contribution in [2.45, 2.75) is 44.9 Å². The normalized spacial score (nSPS) is 18.1. The molecule has 0 heterocycles. The van der Waals surface area contributed by atoms with Crippen molar-refractivity contribution in [3.05, 3.63) is 35.4 Å². The van der Waals surface area contributed by atoms with Gasteiger partial charge >= 0.3 is 0 Å². The molecule has 112 valence electrons. The largest absolute Gasteiger partial charge is 0.383 e. The molecule has 0 spiro atoms. The summed E-state index contributed by atoms with van der Waals surface area (Å²) in [5, 5.41) is 3.57. The van der Waals surface area contributed by atoms with Crippen LogP contribution in [0.2, 0.25) is 0 Å². The first-order chi connectivity index (χ1) is 9.81. The Bertz CT molecular complexity index is 368. The molecule has 0 aromatic heterocycles. The van der Waals surface area contributed by atoms with Crippen molar-refractivity contribution in [3.63, 3.8) is 0 Å². The SMILES string of the molecule is COCCNCC(c1ccc(C)cc1)C1CCCCC1. The highest BCUT2D eigenvalue weighted by molar-refractivity contribution is 5.25. The van der Waals surface area contributed by atoms with E-state index in [-0.39, 0.29) is 0 Å². The fourth-order valence-corrected chi connectivity index (χ4v) is 3.34. The Morgan fingerprint density at radius 1 is 1.15 bits per heavy atom. The van der Waals surface area contributed by atoms with Crippen LogP contribution < -0.4 is 5.32 Å². The number of aryl methyl sites for hydroxylation is 1. The van der Waals surface area contributed by atoms with Crippen LogP contribution in [-0.4, -0.2) is 26.8 Å². The van der Waals surface area contributed by atoms with Crippen LogP contribution in [0.1, 0.15) is 49.1 Å². The summed E-state index contributed by atoms with van der Waals surface area (Å²) in [7, 11) is 1.76. The first-order valence-electron chi connectivity index (χ1n) is 8.07. The van der Waals surface area contributed by atoms with E-state index < -0.39 is 0 Å². The summed E-state index contributed by atoms with van der Waals surface area (Å²) < 4.78 is 5.13. The molecule has 1 aromatic carbocycles. The highest BCUT2D eigenvalue weighted by Gasteiger charge is 2.24. The molecule has 1 atom stereocenters. The summed E-state index contributed by atoms with van der Waals surface area (Å²) >= 11 is 0. The first kappa shape index (κ1) is 15.5. The molecule has 1 unspecified atom stereocenters. The molecule has 2 heteroatoms. The van der Waals surface area contributed by atoms with Crippen LogP contribution in [0.5, 0.6) is 0 Å². The zero-order chi connectivity index (χ0) is 14.2. The second-order valence-corrected chi connectivity index (χ2v) is 6.11. The van der Waals surface area contributed by atoms with Gasteiger partial charge in [0, 0.05) is 20.2 Å². The van der Waals surface area contributed by atoms with Crippen LogP contribution in [0, 0.1) is 12.8 Å². The van der Waals surface area contributed by atoms with Gasteiger partial charge in [-0.05, 0) is 37.2 Å². The Balaban J connectivity index is 2.00. The molecule has 20 heavy (non-hydrogen) atoms. The van der Waals surface area contributed by atoms with Crippen molar-refractivity contribution in [1.29, 1.82) is 0 Å². The Hall–Kier alpha value is -0.860. The Kier molecular flexibility index (Phi) is 6.55. The summed E-state index contributed by atoms with van der Waals surface area (Å²) in [6, 6.07) is 9.15. The van der Waals surface area contributed by atoms with Gasteiger partial charge in [-0.2, -0.15) is 0 Å². The summed E-state index contributed by atoms with van der Waals surface area (Å²) in [4.78, 5) is 0. The van der Waals surface area contributed by atoms with E-state index in [0.717, 1.165) is 25.6 Å². The van der Waals surface area contributed by atoms with Crippen LogP contribution in [-0.2, 0) is 4.74 Å². The van der Waals surface area contributed by atoms with Gasteiger partial charge < -0.3 is 10.1 Å². The van der Waals surface area contributed by atoms with Crippen LogP contribution >= 0.6 is 0 Å². The van der Waals surface area contributed by atoms with Gasteiger partial charge in [-0.25, -0.2) is 0 Å². The summed E-state index contributed by atoms with van der Waals surface area (Å²) in [6.45, 7) is 4.99. The third kappa shape index (κ3) is 4.60. The second-order valence-electron chi connectivity index (χ2n) is 6.11. The van der Waals surface area contributed by atoms with E-state index in [1.807, 2.05) is 0 Å². The van der Waals surface area contributed by atoms with Crippen molar-refractivity contribution in [3.8, 4) is 0 Å². The van der Waals surface area contributed by atoms with Crippen LogP contribution in [0.4, 0.5) is 0 Å². The topological polar surface area (TPSA) is 21.3 Å². The lowest BCUT2D eigenvalue weighted by Crippen LogP contribution is -2.30. The molecular formula is C18H29NO. The van der Waals surface area contributed by atoms with E-state index in [9.17, 15) is 0 Å². The quantitative estimate of drug-likeness (QED) is 0.762. The van der Waals surface area contributed by atoms with Gasteiger partial charge in [0.15, 0.2) is 0 Å². The molecular weight excluding hydrogens is 246 g/mol. The summed E-state index contributed by atoms with van der Waals surface area (Å²) in [5.41, 5.74) is 2.86. The molecule has 1 aromatic rings. The molecule has 0 amide bonds. The third-order valence-electron chi connectivity index (χ3n) is 4.57. The van der Waals surface area contributed by atoms with Gasteiger partial charge in [0.25, 0.3) is 0 Å². The van der Waals surface area contributed by atoms with E-state index in [1.165, 1.54) is 43.2 Å². The molecule has 0 bridgehead atoms. The number of methoxy groups -OCH3 is 1. The van der Waals surface area contributed by atoms with Gasteiger partial charge in [-0.1, -0.05) is 49.1 Å². The van der Waals surface area contributed by atoms with Crippen molar-refractivity contribution in [1.82, 2.24) is 5.32 Å². The van der Waals surface area contributed by atoms with E-state index in [1.54, 1.807) is 7.11 Å². The minimum absolute atomic E-state index is 0.660. The predicted molar refractivity (Wildman–Crippen MR) is 85.2 cm³/mol. The van der Waals surface area contributed by atoms with Gasteiger partial charge in [0.1, 0.15) is 0 Å². The van der Waals surface area contributed by atoms with E-state index in [0.29, 0.717) is 5.92 Å². The van der Waals surface area contributed by atoms with Crippen LogP contribution in [0.25, 0.3) is 0 Å². The number of nitrogens with one attached hydrogen (secondary N) is 1. The Morgan fingerprint density at radius 3 is 2.50 bits per heavy atom. The summed E-state index contributed by atoms with van der Waals surface area (Å²) in [6.07, 6.45) is 7.03. The minimum atomic E-state index is 0.660. The van der Waals surface area contributed by atoms with Crippen molar-refractivity contribution in [2.75, 3.05) is 26.8 Å². The second kappa shape index (κ2) is 8.43. The van der Waals surface area contributed by atoms with Crippen LogP contribution in [0.15, 0.2) is 24.3 Å². The smallest absolute Gasteiger partial charge is 0.0587 e. The van der Waals surface area contributed by atoms with Crippen molar-refractivity contribution >= 4 is 0 Å².